The van der Waals surface area contributed by atoms with E-state index in [1.165, 1.54) is 12.3 Å². The van der Waals surface area contributed by atoms with Gasteiger partial charge in [0.05, 0.1) is 13.2 Å². The first kappa shape index (κ1) is 15.8. The Bertz CT molecular complexity index is 582. The number of nitrogens with one attached hydrogen (secondary N) is 1. The number of nitrogens with two attached hydrogens (primary N) is 2. The summed E-state index contributed by atoms with van der Waals surface area (Å²) in [5.74, 6) is -0.0887. The summed E-state index contributed by atoms with van der Waals surface area (Å²) in [6, 6.07) is 3.23. The third-order valence-corrected chi connectivity index (χ3v) is 3.07. The molecule has 8 heteroatoms. The van der Waals surface area contributed by atoms with E-state index < -0.39 is 5.91 Å². The summed E-state index contributed by atoms with van der Waals surface area (Å²) in [6.07, 6.45) is 2.99. The molecule has 0 unspecified atom stereocenters. The van der Waals surface area contributed by atoms with Crippen molar-refractivity contribution < 1.29 is 14.3 Å². The van der Waals surface area contributed by atoms with Crippen LogP contribution < -0.4 is 16.2 Å². The zero-order valence-electron chi connectivity index (χ0n) is 12.1. The summed E-state index contributed by atoms with van der Waals surface area (Å²) in [5, 5.41) is 7.98. The number of primary amides is 1. The van der Waals surface area contributed by atoms with E-state index in [1.807, 2.05) is 4.90 Å². The Balaban J connectivity index is 1.94. The van der Waals surface area contributed by atoms with Gasteiger partial charge in [0.1, 0.15) is 12.4 Å². The third-order valence-electron chi connectivity index (χ3n) is 3.07. The van der Waals surface area contributed by atoms with E-state index in [2.05, 4.69) is 4.98 Å². The van der Waals surface area contributed by atoms with Crippen molar-refractivity contribution in [2.24, 2.45) is 11.5 Å². The molecule has 2 rings (SSSR count). The average Bonchev–Trinajstić information content (AvgIpc) is 2.54. The maximum atomic E-state index is 11.2. The summed E-state index contributed by atoms with van der Waals surface area (Å²) in [7, 11) is 0. The van der Waals surface area contributed by atoms with Gasteiger partial charge in [0.15, 0.2) is 11.4 Å². The number of amides is 1. The highest BCUT2D eigenvalue weighted by Crippen LogP contribution is 2.14. The second-order valence-corrected chi connectivity index (χ2v) is 4.71. The van der Waals surface area contributed by atoms with Gasteiger partial charge in [0.2, 0.25) is 0 Å². The van der Waals surface area contributed by atoms with Crippen molar-refractivity contribution in [3.63, 3.8) is 0 Å². The van der Waals surface area contributed by atoms with Crippen molar-refractivity contribution in [2.45, 2.75) is 0 Å². The highest BCUT2D eigenvalue weighted by atomic mass is 16.5. The van der Waals surface area contributed by atoms with Crippen molar-refractivity contribution in [2.75, 3.05) is 32.9 Å². The van der Waals surface area contributed by atoms with Crippen LogP contribution >= 0.6 is 0 Å². The Hall–Kier alpha value is -2.61. The molecule has 0 atom stereocenters. The number of amidine groups is 1. The number of nitrogens with zero attached hydrogens (tertiary/aromatic N) is 2. The van der Waals surface area contributed by atoms with Crippen LogP contribution in [0.15, 0.2) is 30.1 Å². The van der Waals surface area contributed by atoms with Crippen molar-refractivity contribution in [1.82, 2.24) is 9.88 Å². The summed E-state index contributed by atoms with van der Waals surface area (Å²) in [5.41, 5.74) is 11.5. The highest BCUT2D eigenvalue weighted by molar-refractivity contribution is 5.93. The van der Waals surface area contributed by atoms with E-state index in [9.17, 15) is 4.79 Å². The smallest absolute Gasteiger partial charge is 0.271 e. The molecule has 0 radical (unpaired) electrons. The third kappa shape index (κ3) is 4.19. The van der Waals surface area contributed by atoms with Crippen molar-refractivity contribution in [3.05, 3.63) is 35.8 Å². The number of hydrogen-bond donors (Lipinski definition) is 3. The van der Waals surface area contributed by atoms with Gasteiger partial charge < -0.3 is 25.8 Å². The second kappa shape index (κ2) is 7.41. The molecule has 5 N–H and O–H groups in total. The van der Waals surface area contributed by atoms with E-state index in [0.717, 1.165) is 0 Å². The average molecular weight is 305 g/mol. The molecule has 2 heterocycles. The predicted octanol–water partition coefficient (Wildman–Crippen LogP) is -0.289. The Morgan fingerprint density at radius 3 is 2.86 bits per heavy atom. The minimum atomic E-state index is -0.667. The quantitative estimate of drug-likeness (QED) is 0.506. The molecule has 1 aromatic rings. The van der Waals surface area contributed by atoms with Crippen LogP contribution in [0, 0.1) is 5.41 Å². The summed E-state index contributed by atoms with van der Waals surface area (Å²) in [4.78, 5) is 17.0. The zero-order valence-corrected chi connectivity index (χ0v) is 12.1. The van der Waals surface area contributed by atoms with Crippen molar-refractivity contribution in [1.29, 1.82) is 5.41 Å². The minimum absolute atomic E-state index is 0.0404. The summed E-state index contributed by atoms with van der Waals surface area (Å²) >= 11 is 0. The number of rotatable bonds is 5. The highest BCUT2D eigenvalue weighted by Gasteiger charge is 2.13. The molecule has 0 aliphatic carbocycles. The minimum Gasteiger partial charge on any atom is -0.485 e. The van der Waals surface area contributed by atoms with Gasteiger partial charge in [0.25, 0.3) is 5.91 Å². The molecule has 1 aliphatic heterocycles. The standard InChI is InChI=1S/C14H19N5O3/c15-10(8-12(16)19-4-6-21-7-5-19)9-22-11-2-1-3-18-13(11)14(17)20/h1-3,8,16H,4-7,9,15H2,(H2,17,20). The predicted molar refractivity (Wildman–Crippen MR) is 80.6 cm³/mol. The first-order chi connectivity index (χ1) is 10.6. The molecule has 1 amide bonds. The van der Waals surface area contributed by atoms with Crippen LogP contribution in [0.25, 0.3) is 0 Å². The van der Waals surface area contributed by atoms with Gasteiger partial charge in [-0.25, -0.2) is 4.98 Å². The normalized spacial score (nSPS) is 15.5. The topological polar surface area (TPSA) is 128 Å². The van der Waals surface area contributed by atoms with E-state index >= 15 is 0 Å². The molecule has 1 saturated heterocycles. The lowest BCUT2D eigenvalue weighted by Crippen LogP contribution is -2.40. The van der Waals surface area contributed by atoms with Crippen molar-refractivity contribution >= 4 is 11.7 Å². The lowest BCUT2D eigenvalue weighted by Gasteiger charge is -2.27. The molecule has 118 valence electrons. The molecule has 8 nitrogen and oxygen atoms in total. The van der Waals surface area contributed by atoms with Gasteiger partial charge >= 0.3 is 0 Å². The molecule has 1 fully saturated rings. The molecule has 0 spiro atoms. The van der Waals surface area contributed by atoms with Gasteiger partial charge in [0, 0.05) is 31.1 Å². The van der Waals surface area contributed by atoms with Gasteiger partial charge in [-0.15, -0.1) is 0 Å². The maximum absolute atomic E-state index is 11.2. The number of carbonyl (C=O) groups is 1. The van der Waals surface area contributed by atoms with Crippen molar-refractivity contribution in [3.8, 4) is 5.75 Å². The first-order valence-corrected chi connectivity index (χ1v) is 6.83. The van der Waals surface area contributed by atoms with Crippen LogP contribution in [-0.2, 0) is 4.74 Å². The summed E-state index contributed by atoms with van der Waals surface area (Å²) in [6.45, 7) is 2.57. The fraction of sp³-hybridized carbons (Fsp3) is 0.357. The molecular formula is C14H19N5O3. The number of aromatic nitrogens is 1. The van der Waals surface area contributed by atoms with E-state index in [4.69, 9.17) is 26.4 Å². The second-order valence-electron chi connectivity index (χ2n) is 4.71. The molecule has 0 bridgehead atoms. The number of hydrogen-bond acceptors (Lipinski definition) is 6. The van der Waals surface area contributed by atoms with E-state index in [0.29, 0.717) is 37.8 Å². The first-order valence-electron chi connectivity index (χ1n) is 6.83. The fourth-order valence-electron chi connectivity index (χ4n) is 1.97. The molecular weight excluding hydrogens is 286 g/mol. The van der Waals surface area contributed by atoms with Gasteiger partial charge in [-0.3, -0.25) is 10.2 Å². The molecule has 0 saturated carbocycles. The van der Waals surface area contributed by atoms with E-state index in [-0.39, 0.29) is 18.1 Å². The largest absolute Gasteiger partial charge is 0.485 e. The van der Waals surface area contributed by atoms with E-state index in [1.54, 1.807) is 12.1 Å². The van der Waals surface area contributed by atoms with Crippen LogP contribution in [0.5, 0.6) is 5.75 Å². The van der Waals surface area contributed by atoms with Gasteiger partial charge in [-0.1, -0.05) is 0 Å². The lowest BCUT2D eigenvalue weighted by molar-refractivity contribution is 0.0681. The Morgan fingerprint density at radius 2 is 2.18 bits per heavy atom. The van der Waals surface area contributed by atoms with Crippen LogP contribution in [-0.4, -0.2) is 54.5 Å². The number of carbonyl (C=O) groups excluding carboxylic acids is 1. The lowest BCUT2D eigenvalue weighted by atomic mass is 10.3. The molecule has 1 aromatic heterocycles. The number of pyridine rings is 1. The summed E-state index contributed by atoms with van der Waals surface area (Å²) < 4.78 is 10.7. The maximum Gasteiger partial charge on any atom is 0.271 e. The SMILES string of the molecule is N=C(C=C(N)COc1cccnc1C(N)=O)N1CCOCC1. The molecule has 22 heavy (non-hydrogen) atoms. The molecule has 1 aliphatic rings. The fourth-order valence-corrected chi connectivity index (χ4v) is 1.97. The monoisotopic (exact) mass is 305 g/mol. The number of ether oxygens (including phenoxy) is 2. The molecule has 0 aromatic carbocycles. The zero-order chi connectivity index (χ0) is 15.9. The number of morpholine rings is 1. The Morgan fingerprint density at radius 1 is 1.45 bits per heavy atom. The van der Waals surface area contributed by atoms with Gasteiger partial charge in [-0.05, 0) is 12.1 Å². The van der Waals surface area contributed by atoms with Crippen LogP contribution in [0.2, 0.25) is 0 Å². The van der Waals surface area contributed by atoms with Crippen LogP contribution in [0.3, 0.4) is 0 Å². The van der Waals surface area contributed by atoms with Gasteiger partial charge in [-0.2, -0.15) is 0 Å². The Labute approximate surface area is 128 Å². The Kier molecular flexibility index (Phi) is 5.31. The van der Waals surface area contributed by atoms with Crippen LogP contribution in [0.4, 0.5) is 0 Å². The van der Waals surface area contributed by atoms with Crippen LogP contribution in [0.1, 0.15) is 10.5 Å².